The van der Waals surface area contributed by atoms with Gasteiger partial charge in [-0.1, -0.05) is 42.5 Å². The number of hydrogen-bond acceptors (Lipinski definition) is 5. The van der Waals surface area contributed by atoms with Crippen molar-refractivity contribution in [1.82, 2.24) is 9.62 Å². The van der Waals surface area contributed by atoms with E-state index in [2.05, 4.69) is 5.32 Å². The van der Waals surface area contributed by atoms with Crippen molar-refractivity contribution in [3.63, 3.8) is 0 Å². The van der Waals surface area contributed by atoms with Crippen molar-refractivity contribution in [2.75, 3.05) is 13.1 Å². The number of benzene rings is 2. The van der Waals surface area contributed by atoms with Crippen LogP contribution < -0.4 is 5.32 Å². The highest BCUT2D eigenvalue weighted by atomic mass is 32.2. The Labute approximate surface area is 187 Å². The maximum absolute atomic E-state index is 13.0. The van der Waals surface area contributed by atoms with Crippen molar-refractivity contribution in [1.29, 1.82) is 5.26 Å². The maximum Gasteiger partial charge on any atom is 0.244 e. The van der Waals surface area contributed by atoms with E-state index in [1.807, 2.05) is 42.5 Å². The Bertz CT molecular complexity index is 1210. The van der Waals surface area contributed by atoms with Gasteiger partial charge in [0.15, 0.2) is 0 Å². The van der Waals surface area contributed by atoms with Gasteiger partial charge in [-0.2, -0.15) is 9.57 Å². The van der Waals surface area contributed by atoms with Crippen LogP contribution in [0.25, 0.3) is 0 Å². The topological polar surface area (TPSA) is 103 Å². The van der Waals surface area contributed by atoms with Gasteiger partial charge < -0.3 is 9.73 Å². The third-order valence-electron chi connectivity index (χ3n) is 5.70. The number of amides is 1. The average Bonchev–Trinajstić information content (AvgIpc) is 3.37. The lowest BCUT2D eigenvalue weighted by Gasteiger charge is -2.31. The van der Waals surface area contributed by atoms with E-state index >= 15 is 0 Å². The minimum Gasteiger partial charge on any atom is -0.467 e. The fourth-order valence-electron chi connectivity index (χ4n) is 3.96. The molecule has 0 aliphatic carbocycles. The first-order valence-corrected chi connectivity index (χ1v) is 11.8. The van der Waals surface area contributed by atoms with Gasteiger partial charge in [0.05, 0.1) is 16.7 Å². The summed E-state index contributed by atoms with van der Waals surface area (Å²) in [6, 6.07) is 20.9. The molecule has 3 aromatic rings. The number of rotatable bonds is 6. The average molecular weight is 450 g/mol. The first kappa shape index (κ1) is 21.8. The van der Waals surface area contributed by atoms with Gasteiger partial charge in [0.25, 0.3) is 0 Å². The summed E-state index contributed by atoms with van der Waals surface area (Å²) in [6.07, 6.45) is 2.37. The number of carbonyl (C=O) groups is 1. The molecule has 1 aromatic heterocycles. The van der Waals surface area contributed by atoms with Gasteiger partial charge in [-0.3, -0.25) is 4.79 Å². The number of carbonyl (C=O) groups excluding carboxylic acids is 1. The molecule has 0 saturated carbocycles. The molecule has 1 amide bonds. The Morgan fingerprint density at radius 2 is 1.72 bits per heavy atom. The molecule has 1 aliphatic heterocycles. The van der Waals surface area contributed by atoms with Crippen molar-refractivity contribution in [3.05, 3.63) is 89.9 Å². The second-order valence-electron chi connectivity index (χ2n) is 7.65. The number of nitrogens with zero attached hydrogens (tertiary/aromatic N) is 2. The monoisotopic (exact) mass is 449 g/mol. The minimum absolute atomic E-state index is 0.00682. The zero-order chi connectivity index (χ0) is 22.6. The van der Waals surface area contributed by atoms with E-state index in [9.17, 15) is 18.5 Å². The summed E-state index contributed by atoms with van der Waals surface area (Å²) in [5.74, 6) is 0.191. The van der Waals surface area contributed by atoms with Gasteiger partial charge in [0.1, 0.15) is 17.9 Å². The molecule has 2 heterocycles. The number of piperidine rings is 1. The van der Waals surface area contributed by atoms with Crippen LogP contribution in [0, 0.1) is 17.2 Å². The molecule has 4 rings (SSSR count). The predicted octanol–water partition coefficient (Wildman–Crippen LogP) is 3.46. The minimum atomic E-state index is -3.79. The van der Waals surface area contributed by atoms with Crippen LogP contribution in [0.2, 0.25) is 0 Å². The first-order chi connectivity index (χ1) is 15.5. The molecule has 0 bridgehead atoms. The molecule has 1 N–H and O–H groups in total. The van der Waals surface area contributed by atoms with E-state index < -0.39 is 16.1 Å². The van der Waals surface area contributed by atoms with Crippen LogP contribution in [-0.4, -0.2) is 31.7 Å². The van der Waals surface area contributed by atoms with E-state index in [1.54, 1.807) is 24.5 Å². The van der Waals surface area contributed by atoms with Crippen LogP contribution in [0.15, 0.2) is 82.3 Å². The molecular weight excluding hydrogens is 426 g/mol. The summed E-state index contributed by atoms with van der Waals surface area (Å²) in [5.41, 5.74) is 1.03. The highest BCUT2D eigenvalue weighted by Crippen LogP contribution is 2.28. The third-order valence-corrected chi connectivity index (χ3v) is 7.65. The van der Waals surface area contributed by atoms with Gasteiger partial charge in [-0.25, -0.2) is 8.42 Å². The van der Waals surface area contributed by atoms with Crippen LogP contribution in [0.3, 0.4) is 0 Å². The maximum atomic E-state index is 13.0. The number of sulfonamides is 1. The van der Waals surface area contributed by atoms with Gasteiger partial charge in [-0.15, -0.1) is 0 Å². The lowest BCUT2D eigenvalue weighted by atomic mass is 9.95. The van der Waals surface area contributed by atoms with Crippen molar-refractivity contribution < 1.29 is 17.6 Å². The number of nitriles is 1. The Hall–Kier alpha value is -3.41. The lowest BCUT2D eigenvalue weighted by molar-refractivity contribution is -0.126. The summed E-state index contributed by atoms with van der Waals surface area (Å²) in [5, 5.41) is 12.3. The van der Waals surface area contributed by atoms with Gasteiger partial charge in [-0.05, 0) is 42.7 Å². The van der Waals surface area contributed by atoms with Gasteiger partial charge in [0, 0.05) is 19.0 Å². The SMILES string of the molecule is N#Cc1ccccc1S(=O)(=O)N1CCC(C(=O)NC(c2ccccc2)c2ccco2)CC1. The number of furan rings is 1. The predicted molar refractivity (Wildman–Crippen MR) is 118 cm³/mol. The zero-order valence-corrected chi connectivity index (χ0v) is 18.2. The molecular formula is C24H23N3O4S. The van der Waals surface area contributed by atoms with Crippen LogP contribution in [0.4, 0.5) is 0 Å². The normalized spacial score (nSPS) is 16.2. The Balaban J connectivity index is 1.45. The summed E-state index contributed by atoms with van der Waals surface area (Å²) in [6.45, 7) is 0.438. The Morgan fingerprint density at radius 3 is 2.38 bits per heavy atom. The quantitative estimate of drug-likeness (QED) is 0.621. The molecule has 1 saturated heterocycles. The Kier molecular flexibility index (Phi) is 6.40. The molecule has 1 aliphatic rings. The summed E-state index contributed by atoms with van der Waals surface area (Å²) in [4.78, 5) is 13.0. The molecule has 32 heavy (non-hydrogen) atoms. The standard InChI is InChI=1S/C24H23N3O4S/c25-17-20-9-4-5-11-22(20)32(29,30)27-14-12-19(13-15-27)24(28)26-23(21-10-6-16-31-21)18-7-2-1-3-8-18/h1-11,16,19,23H,12-15H2,(H,26,28). The summed E-state index contributed by atoms with van der Waals surface area (Å²) >= 11 is 0. The first-order valence-electron chi connectivity index (χ1n) is 10.4. The molecule has 8 heteroatoms. The highest BCUT2D eigenvalue weighted by molar-refractivity contribution is 7.89. The summed E-state index contributed by atoms with van der Waals surface area (Å²) in [7, 11) is -3.79. The molecule has 0 spiro atoms. The number of hydrogen-bond donors (Lipinski definition) is 1. The molecule has 0 radical (unpaired) electrons. The van der Waals surface area contributed by atoms with Crippen LogP contribution >= 0.6 is 0 Å². The largest absolute Gasteiger partial charge is 0.467 e. The van der Waals surface area contributed by atoms with E-state index in [0.29, 0.717) is 18.6 Å². The van der Waals surface area contributed by atoms with Crippen LogP contribution in [-0.2, 0) is 14.8 Å². The van der Waals surface area contributed by atoms with Crippen molar-refractivity contribution in [3.8, 4) is 6.07 Å². The fourth-order valence-corrected chi connectivity index (χ4v) is 5.57. The fraction of sp³-hybridized carbons (Fsp3) is 0.250. The smallest absolute Gasteiger partial charge is 0.244 e. The highest BCUT2D eigenvalue weighted by Gasteiger charge is 2.34. The third kappa shape index (κ3) is 4.44. The van der Waals surface area contributed by atoms with Crippen molar-refractivity contribution >= 4 is 15.9 Å². The Morgan fingerprint density at radius 1 is 1.03 bits per heavy atom. The van der Waals surface area contributed by atoms with Crippen molar-refractivity contribution in [2.45, 2.75) is 23.8 Å². The second kappa shape index (κ2) is 9.39. The summed E-state index contributed by atoms with van der Waals surface area (Å²) < 4.78 is 32.9. The lowest BCUT2D eigenvalue weighted by Crippen LogP contribution is -2.43. The molecule has 164 valence electrons. The van der Waals surface area contributed by atoms with E-state index in [1.165, 1.54) is 16.4 Å². The van der Waals surface area contributed by atoms with Crippen LogP contribution in [0.1, 0.15) is 35.8 Å². The molecule has 2 aromatic carbocycles. The van der Waals surface area contributed by atoms with E-state index in [0.717, 1.165) is 5.56 Å². The second-order valence-corrected chi connectivity index (χ2v) is 9.56. The van der Waals surface area contributed by atoms with Crippen molar-refractivity contribution in [2.24, 2.45) is 5.92 Å². The molecule has 1 atom stereocenters. The molecule has 1 unspecified atom stereocenters. The zero-order valence-electron chi connectivity index (χ0n) is 17.3. The van der Waals surface area contributed by atoms with E-state index in [-0.39, 0.29) is 35.4 Å². The van der Waals surface area contributed by atoms with Gasteiger partial charge >= 0.3 is 0 Å². The van der Waals surface area contributed by atoms with Gasteiger partial charge in [0.2, 0.25) is 15.9 Å². The number of nitrogens with one attached hydrogen (secondary N) is 1. The van der Waals surface area contributed by atoms with Crippen LogP contribution in [0.5, 0.6) is 0 Å². The van der Waals surface area contributed by atoms with E-state index in [4.69, 9.17) is 4.42 Å². The molecule has 7 nitrogen and oxygen atoms in total. The molecule has 1 fully saturated rings.